The van der Waals surface area contributed by atoms with E-state index in [2.05, 4.69) is 6.07 Å². The first-order valence-electron chi connectivity index (χ1n) is 9.36. The van der Waals surface area contributed by atoms with Crippen molar-refractivity contribution < 1.29 is 67.1 Å². The molecular formula is C20H20F4NO4S2Y-. The molecule has 1 aliphatic carbocycles. The maximum absolute atomic E-state index is 13.9. The Hall–Kier alpha value is -0.876. The van der Waals surface area contributed by atoms with Gasteiger partial charge in [0, 0.05) is 44.6 Å². The molecule has 1 N–H and O–H groups in total. The summed E-state index contributed by atoms with van der Waals surface area (Å²) in [5.74, 6) is -0.674. The summed E-state index contributed by atoms with van der Waals surface area (Å²) < 4.78 is 102. The van der Waals surface area contributed by atoms with Gasteiger partial charge in [-0.05, 0) is 44.7 Å². The van der Waals surface area contributed by atoms with Crippen molar-refractivity contribution in [2.75, 3.05) is 0 Å². The van der Waals surface area contributed by atoms with Crippen LogP contribution in [0.4, 0.5) is 17.6 Å². The van der Waals surface area contributed by atoms with Gasteiger partial charge >= 0.3 is 15.5 Å². The van der Waals surface area contributed by atoms with Gasteiger partial charge in [-0.15, -0.1) is 17.7 Å². The number of benzene rings is 2. The Labute approximate surface area is 209 Å². The van der Waals surface area contributed by atoms with E-state index >= 15 is 0 Å². The average molecular weight is 567 g/mol. The van der Waals surface area contributed by atoms with Crippen LogP contribution in [0.2, 0.25) is 0 Å². The molecule has 173 valence electrons. The molecule has 12 heteroatoms. The summed E-state index contributed by atoms with van der Waals surface area (Å²) in [6.45, 7) is 1.78. The van der Waals surface area contributed by atoms with Gasteiger partial charge < -0.3 is 0 Å². The molecule has 0 spiro atoms. The summed E-state index contributed by atoms with van der Waals surface area (Å²) in [6, 6.07) is 11.1. The Morgan fingerprint density at radius 1 is 1.03 bits per heavy atom. The zero-order chi connectivity index (χ0) is 23.1. The average Bonchev–Trinajstić information content (AvgIpc) is 2.68. The number of aryl methyl sites for hydroxylation is 1. The number of alkyl halides is 3. The van der Waals surface area contributed by atoms with Crippen LogP contribution >= 0.6 is 0 Å². The minimum absolute atomic E-state index is 0. The second-order valence-electron chi connectivity index (χ2n) is 7.57. The molecule has 0 unspecified atom stereocenters. The Bertz CT molecular complexity index is 1160. The third kappa shape index (κ3) is 5.27. The molecule has 2 aromatic carbocycles. The first kappa shape index (κ1) is 27.4. The fourth-order valence-corrected chi connectivity index (χ4v) is 6.75. The normalized spacial score (nSPS) is 22.2. The second-order valence-corrected chi connectivity index (χ2v) is 11.5. The summed E-state index contributed by atoms with van der Waals surface area (Å²) in [5.41, 5.74) is -4.58. The monoisotopic (exact) mass is 567 g/mol. The largest absolute Gasteiger partial charge is 0.511 e. The molecule has 0 bridgehead atoms. The van der Waals surface area contributed by atoms with Crippen molar-refractivity contribution in [3.05, 3.63) is 65.5 Å². The van der Waals surface area contributed by atoms with Gasteiger partial charge in [0.25, 0.3) is 0 Å². The first-order chi connectivity index (χ1) is 14.3. The van der Waals surface area contributed by atoms with Crippen LogP contribution in [-0.4, -0.2) is 28.4 Å². The first-order valence-corrected chi connectivity index (χ1v) is 12.3. The Kier molecular flexibility index (Phi) is 8.36. The third-order valence-electron chi connectivity index (χ3n) is 5.52. The molecule has 1 saturated carbocycles. The molecule has 1 radical (unpaired) electrons. The smallest absolute Gasteiger partial charge is 0.236 e. The van der Waals surface area contributed by atoms with Crippen molar-refractivity contribution in [2.45, 2.75) is 53.8 Å². The fraction of sp³-hybridized carbons (Fsp3) is 0.400. The minimum Gasteiger partial charge on any atom is -0.236 e. The molecule has 0 aromatic heterocycles. The molecular weight excluding hydrogens is 547 g/mol. The number of hydrogen-bond acceptors (Lipinski definition) is 4. The van der Waals surface area contributed by atoms with Crippen molar-refractivity contribution in [3.63, 3.8) is 0 Å². The molecule has 0 aliphatic heterocycles. The number of sulfonamides is 1. The fourth-order valence-electron chi connectivity index (χ4n) is 3.82. The summed E-state index contributed by atoms with van der Waals surface area (Å²) in [4.78, 5) is -0.00918. The number of halogens is 4. The summed E-state index contributed by atoms with van der Waals surface area (Å²) >= 11 is 0. The summed E-state index contributed by atoms with van der Waals surface area (Å²) in [7, 11) is -9.67. The van der Waals surface area contributed by atoms with Gasteiger partial charge in [-0.2, -0.15) is 25.3 Å². The predicted octanol–water partition coefficient (Wildman–Crippen LogP) is 3.98. The molecule has 0 saturated heterocycles. The molecule has 1 fully saturated rings. The van der Waals surface area contributed by atoms with E-state index in [9.17, 15) is 34.4 Å². The second kappa shape index (κ2) is 9.78. The Morgan fingerprint density at radius 2 is 1.59 bits per heavy atom. The third-order valence-corrected chi connectivity index (χ3v) is 9.32. The van der Waals surface area contributed by atoms with E-state index in [1.165, 1.54) is 18.2 Å². The van der Waals surface area contributed by atoms with Gasteiger partial charge in [-0.25, -0.2) is 25.9 Å². The topological polar surface area (TPSA) is 80.3 Å². The minimum atomic E-state index is -5.57. The molecule has 1 aliphatic rings. The Morgan fingerprint density at radius 3 is 2.09 bits per heavy atom. The molecule has 5 nitrogen and oxygen atoms in total. The van der Waals surface area contributed by atoms with E-state index in [-0.39, 0.29) is 68.9 Å². The predicted molar refractivity (Wildman–Crippen MR) is 106 cm³/mol. The summed E-state index contributed by atoms with van der Waals surface area (Å²) in [6.07, 6.45) is -0.752. The van der Waals surface area contributed by atoms with Crippen LogP contribution in [0.15, 0.2) is 47.4 Å². The van der Waals surface area contributed by atoms with Crippen molar-refractivity contribution in [3.8, 4) is 0 Å². The van der Waals surface area contributed by atoms with Gasteiger partial charge in [-0.3, -0.25) is 0 Å². The maximum Gasteiger partial charge on any atom is 0.511 e. The van der Waals surface area contributed by atoms with Crippen LogP contribution in [0.3, 0.4) is 0 Å². The number of sulfone groups is 1. The molecule has 0 heterocycles. The number of hydrogen-bond donors (Lipinski definition) is 1. The van der Waals surface area contributed by atoms with Crippen molar-refractivity contribution in [1.29, 1.82) is 0 Å². The van der Waals surface area contributed by atoms with Gasteiger partial charge in [0.05, 0.1) is 9.64 Å². The molecule has 0 amide bonds. The molecule has 3 rings (SSSR count). The maximum atomic E-state index is 13.9. The van der Waals surface area contributed by atoms with Crippen molar-refractivity contribution in [1.82, 2.24) is 4.72 Å². The van der Waals surface area contributed by atoms with Crippen molar-refractivity contribution in [2.24, 2.45) is 0 Å². The molecule has 32 heavy (non-hydrogen) atoms. The van der Waals surface area contributed by atoms with Gasteiger partial charge in [0.1, 0.15) is 0 Å². The van der Waals surface area contributed by atoms with Gasteiger partial charge in [0.15, 0.2) is 9.84 Å². The van der Waals surface area contributed by atoms with Gasteiger partial charge in [-0.1, -0.05) is 17.7 Å². The zero-order valence-corrected chi connectivity index (χ0v) is 21.5. The zero-order valence-electron chi connectivity index (χ0n) is 17.0. The van der Waals surface area contributed by atoms with Crippen LogP contribution in [-0.2, 0) is 57.3 Å². The van der Waals surface area contributed by atoms with Crippen LogP contribution in [0.5, 0.6) is 0 Å². The Balaban J connectivity index is 0.00000363. The van der Waals surface area contributed by atoms with Crippen molar-refractivity contribution >= 4 is 19.9 Å². The van der Waals surface area contributed by atoms with Crippen LogP contribution < -0.4 is 4.72 Å². The van der Waals surface area contributed by atoms with E-state index in [0.29, 0.717) is 0 Å². The molecule has 2 aromatic rings. The molecule has 0 atom stereocenters. The SMILES string of the molecule is Cc1ccc(S(=O)(=O)C2(c3[c-]ccc(F)c3)CCC(NS(=O)(=O)C(F)(F)F)CC2)cc1.[Y]. The summed E-state index contributed by atoms with van der Waals surface area (Å²) in [5, 5.41) is 0. The standard InChI is InChI=1S/C20H20F4NO4S2.Y/c1-14-5-7-18(8-6-14)30(26,27)19(15-3-2-4-16(21)13-15)11-9-17(10-12-19)25-31(28,29)20(22,23)24;/h2,4-8,13,17,25H,9-12H2,1H3;/q-1;. The van der Waals surface area contributed by atoms with E-state index in [1.54, 1.807) is 23.8 Å². The van der Waals surface area contributed by atoms with Crippen LogP contribution in [0.25, 0.3) is 0 Å². The number of rotatable bonds is 5. The van der Waals surface area contributed by atoms with E-state index < -0.39 is 42.0 Å². The van der Waals surface area contributed by atoms with E-state index in [1.807, 2.05) is 0 Å². The van der Waals surface area contributed by atoms with Crippen LogP contribution in [0.1, 0.15) is 36.8 Å². The van der Waals surface area contributed by atoms with E-state index in [4.69, 9.17) is 0 Å². The number of nitrogens with one attached hydrogen (secondary N) is 1. The van der Waals surface area contributed by atoms with E-state index in [0.717, 1.165) is 17.7 Å². The quantitative estimate of drug-likeness (QED) is 0.438. The van der Waals surface area contributed by atoms with Crippen LogP contribution in [0, 0.1) is 18.8 Å². The van der Waals surface area contributed by atoms with Gasteiger partial charge in [0.2, 0.25) is 0 Å².